The Morgan fingerprint density at radius 2 is 1.16 bits per heavy atom. The van der Waals surface area contributed by atoms with Gasteiger partial charge in [-0.3, -0.25) is 0 Å². The predicted molar refractivity (Wildman–Crippen MR) is 164 cm³/mol. The monoisotopic (exact) mass is 494 g/mol. The van der Waals surface area contributed by atoms with E-state index < -0.39 is 0 Å². The van der Waals surface area contributed by atoms with Gasteiger partial charge in [-0.25, -0.2) is 0 Å². The molecule has 188 valence electrons. The fraction of sp³-hybridized carbons (Fsp3) is 0.167. The van der Waals surface area contributed by atoms with E-state index in [1.165, 1.54) is 50.0 Å². The summed E-state index contributed by atoms with van der Waals surface area (Å²) in [5.74, 6) is 0. The van der Waals surface area contributed by atoms with E-state index in [4.69, 9.17) is 0 Å². The van der Waals surface area contributed by atoms with Crippen LogP contribution in [0.2, 0.25) is 0 Å². The van der Waals surface area contributed by atoms with Crippen molar-refractivity contribution in [1.29, 1.82) is 0 Å². The Morgan fingerprint density at radius 3 is 1.87 bits per heavy atom. The van der Waals surface area contributed by atoms with Gasteiger partial charge >= 0.3 is 0 Å². The highest BCUT2D eigenvalue weighted by atomic mass is 15.2. The van der Waals surface area contributed by atoms with E-state index in [0.29, 0.717) is 0 Å². The molecule has 0 unspecified atom stereocenters. The first kappa shape index (κ1) is 24.1. The van der Waals surface area contributed by atoms with Crippen molar-refractivity contribution < 1.29 is 0 Å². The molecule has 6 rings (SSSR count). The molecular formula is C36H34N2. The zero-order chi connectivity index (χ0) is 26.1. The first-order chi connectivity index (χ1) is 18.6. The maximum Gasteiger partial charge on any atom is 0.0561 e. The van der Waals surface area contributed by atoms with E-state index in [1.54, 1.807) is 0 Å². The SMILES string of the molecule is CCCC(C)(C)N(c1ccc(-c2ccccc2)cc1)c1ccc2c3ccccc3n(-c3ccccc3)c2c1. The van der Waals surface area contributed by atoms with E-state index in [0.717, 1.165) is 12.8 Å². The lowest BCUT2D eigenvalue weighted by molar-refractivity contribution is 0.459. The summed E-state index contributed by atoms with van der Waals surface area (Å²) in [6, 6.07) is 46.1. The van der Waals surface area contributed by atoms with Crippen molar-refractivity contribution >= 4 is 33.2 Å². The third-order valence-corrected chi connectivity index (χ3v) is 7.63. The third-order valence-electron chi connectivity index (χ3n) is 7.63. The molecule has 2 heteroatoms. The molecule has 38 heavy (non-hydrogen) atoms. The molecular weight excluding hydrogens is 460 g/mol. The quantitative estimate of drug-likeness (QED) is 0.214. The Kier molecular flexibility index (Phi) is 6.25. The van der Waals surface area contributed by atoms with Crippen molar-refractivity contribution in [1.82, 2.24) is 4.57 Å². The van der Waals surface area contributed by atoms with Crippen LogP contribution in [0.15, 0.2) is 127 Å². The number of benzene rings is 5. The van der Waals surface area contributed by atoms with Crippen molar-refractivity contribution in [2.24, 2.45) is 0 Å². The molecule has 6 aromatic rings. The fourth-order valence-electron chi connectivity index (χ4n) is 5.96. The van der Waals surface area contributed by atoms with Crippen LogP contribution >= 0.6 is 0 Å². The van der Waals surface area contributed by atoms with Gasteiger partial charge in [0.25, 0.3) is 0 Å². The molecule has 0 aliphatic rings. The van der Waals surface area contributed by atoms with Crippen LogP contribution in [0.4, 0.5) is 11.4 Å². The number of para-hydroxylation sites is 2. The maximum atomic E-state index is 2.53. The topological polar surface area (TPSA) is 8.17 Å². The first-order valence-corrected chi connectivity index (χ1v) is 13.6. The Morgan fingerprint density at radius 1 is 0.579 bits per heavy atom. The van der Waals surface area contributed by atoms with Gasteiger partial charge in [0.2, 0.25) is 0 Å². The van der Waals surface area contributed by atoms with Crippen molar-refractivity contribution in [2.75, 3.05) is 4.90 Å². The second-order valence-corrected chi connectivity index (χ2v) is 10.7. The average molecular weight is 495 g/mol. The molecule has 0 aliphatic heterocycles. The Hall–Kier alpha value is -4.30. The number of fused-ring (bicyclic) bond motifs is 3. The normalized spacial score (nSPS) is 11.8. The summed E-state index contributed by atoms with van der Waals surface area (Å²) in [6.07, 6.45) is 2.21. The van der Waals surface area contributed by atoms with Crippen LogP contribution in [-0.4, -0.2) is 10.1 Å². The highest BCUT2D eigenvalue weighted by molar-refractivity contribution is 6.10. The second kappa shape index (κ2) is 9.87. The van der Waals surface area contributed by atoms with Gasteiger partial charge in [-0.05, 0) is 73.9 Å². The zero-order valence-electron chi connectivity index (χ0n) is 22.4. The van der Waals surface area contributed by atoms with Crippen LogP contribution in [-0.2, 0) is 0 Å². The van der Waals surface area contributed by atoms with Crippen LogP contribution in [0.5, 0.6) is 0 Å². The largest absolute Gasteiger partial charge is 0.336 e. The zero-order valence-corrected chi connectivity index (χ0v) is 22.4. The van der Waals surface area contributed by atoms with Gasteiger partial charge in [0.05, 0.1) is 11.0 Å². The molecule has 0 saturated carbocycles. The Labute approximate surface area is 225 Å². The molecule has 0 bridgehead atoms. The summed E-state index contributed by atoms with van der Waals surface area (Å²) < 4.78 is 2.40. The molecule has 0 aliphatic carbocycles. The van der Waals surface area contributed by atoms with E-state index in [2.05, 4.69) is 158 Å². The van der Waals surface area contributed by atoms with Crippen LogP contribution in [0.25, 0.3) is 38.6 Å². The van der Waals surface area contributed by atoms with Gasteiger partial charge in [0.15, 0.2) is 0 Å². The minimum absolute atomic E-state index is 0.0553. The summed E-state index contributed by atoms with van der Waals surface area (Å²) >= 11 is 0. The molecule has 0 saturated heterocycles. The molecule has 0 spiro atoms. The minimum Gasteiger partial charge on any atom is -0.336 e. The van der Waals surface area contributed by atoms with Crippen molar-refractivity contribution in [3.05, 3.63) is 127 Å². The first-order valence-electron chi connectivity index (χ1n) is 13.6. The van der Waals surface area contributed by atoms with Crippen LogP contribution in [0, 0.1) is 0 Å². The maximum absolute atomic E-state index is 2.53. The van der Waals surface area contributed by atoms with Gasteiger partial charge in [0, 0.05) is 33.4 Å². The van der Waals surface area contributed by atoms with Gasteiger partial charge in [-0.15, -0.1) is 0 Å². The molecule has 0 N–H and O–H groups in total. The average Bonchev–Trinajstić information content (AvgIpc) is 3.28. The number of hydrogen-bond donors (Lipinski definition) is 0. The predicted octanol–water partition coefficient (Wildman–Crippen LogP) is 10.2. The Balaban J connectivity index is 1.54. The number of aromatic nitrogens is 1. The lowest BCUT2D eigenvalue weighted by Crippen LogP contribution is -2.40. The fourth-order valence-corrected chi connectivity index (χ4v) is 5.96. The van der Waals surface area contributed by atoms with E-state index in [9.17, 15) is 0 Å². The number of rotatable bonds is 7. The lowest BCUT2D eigenvalue weighted by atomic mass is 9.94. The molecule has 0 fully saturated rings. The molecule has 0 amide bonds. The summed E-state index contributed by atoms with van der Waals surface area (Å²) in [4.78, 5) is 2.53. The number of nitrogens with zero attached hydrogens (tertiary/aromatic N) is 2. The Bertz CT molecular complexity index is 1680. The van der Waals surface area contributed by atoms with E-state index in [1.807, 2.05) is 0 Å². The third kappa shape index (κ3) is 4.26. The van der Waals surface area contributed by atoms with Crippen LogP contribution < -0.4 is 4.90 Å². The standard InChI is InChI=1S/C36H34N2/c1-4-25-36(2,3)38(30-21-19-28(20-22-30)27-13-7-5-8-14-27)31-23-24-33-32-17-11-12-18-34(32)37(35(33)26-31)29-15-9-6-10-16-29/h5-24,26H,4,25H2,1-3H3. The number of hydrogen-bond acceptors (Lipinski definition) is 1. The minimum atomic E-state index is -0.0553. The van der Waals surface area contributed by atoms with Gasteiger partial charge < -0.3 is 9.47 Å². The molecule has 1 aromatic heterocycles. The molecule has 0 atom stereocenters. The lowest BCUT2D eigenvalue weighted by Gasteiger charge is -2.41. The summed E-state index contributed by atoms with van der Waals surface area (Å²) in [7, 11) is 0. The van der Waals surface area contributed by atoms with Crippen LogP contribution in [0.1, 0.15) is 33.6 Å². The van der Waals surface area contributed by atoms with Crippen molar-refractivity contribution in [2.45, 2.75) is 39.2 Å². The number of anilines is 2. The second-order valence-electron chi connectivity index (χ2n) is 10.7. The molecule has 1 heterocycles. The molecule has 0 radical (unpaired) electrons. The van der Waals surface area contributed by atoms with Gasteiger partial charge in [0.1, 0.15) is 0 Å². The smallest absolute Gasteiger partial charge is 0.0561 e. The molecule has 2 nitrogen and oxygen atoms in total. The van der Waals surface area contributed by atoms with Crippen LogP contribution in [0.3, 0.4) is 0 Å². The van der Waals surface area contributed by atoms with E-state index in [-0.39, 0.29) is 5.54 Å². The highest BCUT2D eigenvalue weighted by Crippen LogP contribution is 2.40. The summed E-state index contributed by atoms with van der Waals surface area (Å²) in [6.45, 7) is 6.99. The van der Waals surface area contributed by atoms with Gasteiger partial charge in [-0.1, -0.05) is 98.3 Å². The summed E-state index contributed by atoms with van der Waals surface area (Å²) in [5, 5.41) is 2.56. The highest BCUT2D eigenvalue weighted by Gasteiger charge is 2.28. The summed E-state index contributed by atoms with van der Waals surface area (Å²) in [5.41, 5.74) is 8.50. The van der Waals surface area contributed by atoms with Crippen molar-refractivity contribution in [3.63, 3.8) is 0 Å². The van der Waals surface area contributed by atoms with Gasteiger partial charge in [-0.2, -0.15) is 0 Å². The van der Waals surface area contributed by atoms with E-state index >= 15 is 0 Å². The van der Waals surface area contributed by atoms with Crippen molar-refractivity contribution in [3.8, 4) is 16.8 Å². The molecule has 5 aromatic carbocycles.